The molecule has 0 unspecified atom stereocenters. The predicted molar refractivity (Wildman–Crippen MR) is 138 cm³/mol. The number of esters is 1. The van der Waals surface area contributed by atoms with Gasteiger partial charge in [0.1, 0.15) is 16.4 Å². The third kappa shape index (κ3) is 5.93. The van der Waals surface area contributed by atoms with Gasteiger partial charge in [-0.25, -0.2) is 13.2 Å². The molecule has 1 heterocycles. The van der Waals surface area contributed by atoms with E-state index in [1.807, 2.05) is 6.07 Å². The summed E-state index contributed by atoms with van der Waals surface area (Å²) >= 11 is 1.30. The maximum atomic E-state index is 12.6. The van der Waals surface area contributed by atoms with Crippen molar-refractivity contribution >= 4 is 54.7 Å². The minimum atomic E-state index is -3.82. The Kier molecular flexibility index (Phi) is 7.41. The molecule has 0 bridgehead atoms. The van der Waals surface area contributed by atoms with Gasteiger partial charge in [0.2, 0.25) is 0 Å². The Labute approximate surface area is 211 Å². The number of rotatable bonds is 9. The van der Waals surface area contributed by atoms with E-state index >= 15 is 0 Å². The Morgan fingerprint density at radius 2 is 1.67 bits per heavy atom. The Hall–Kier alpha value is -4.09. The van der Waals surface area contributed by atoms with Crippen LogP contribution in [0.3, 0.4) is 0 Å². The maximum Gasteiger partial charge on any atom is 0.348 e. The summed E-state index contributed by atoms with van der Waals surface area (Å²) in [7, 11) is -0.999. The fraction of sp³-hybridized carbons (Fsp3) is 0.120. The standard InChI is InChI=1S/C25H22N2O7S2/c1-32-20-5-3-4-18(14-20)27-36(30,31)21-9-7-19(8-10-21)34-15-24(28)26-17-6-11-22-16(12-17)13-23(35-22)25(29)33-2/h3-14,27H,15H2,1-2H3,(H,26,28). The van der Waals surface area contributed by atoms with Crippen molar-refractivity contribution in [3.05, 3.63) is 77.7 Å². The van der Waals surface area contributed by atoms with Crippen molar-refractivity contribution in [2.24, 2.45) is 0 Å². The summed E-state index contributed by atoms with van der Waals surface area (Å²) in [5.41, 5.74) is 0.920. The van der Waals surface area contributed by atoms with Crippen molar-refractivity contribution in [2.45, 2.75) is 4.90 Å². The molecular weight excluding hydrogens is 504 g/mol. The minimum absolute atomic E-state index is 0.0394. The molecule has 0 saturated carbocycles. The van der Waals surface area contributed by atoms with E-state index in [0.717, 1.165) is 10.1 Å². The lowest BCUT2D eigenvalue weighted by Gasteiger charge is -2.11. The number of anilines is 2. The number of nitrogens with one attached hydrogen (secondary N) is 2. The van der Waals surface area contributed by atoms with Crippen LogP contribution in [-0.4, -0.2) is 41.1 Å². The van der Waals surface area contributed by atoms with Gasteiger partial charge < -0.3 is 19.5 Å². The number of hydrogen-bond donors (Lipinski definition) is 2. The van der Waals surface area contributed by atoms with E-state index in [-0.39, 0.29) is 11.5 Å². The van der Waals surface area contributed by atoms with Crippen molar-refractivity contribution in [3.63, 3.8) is 0 Å². The molecule has 1 aromatic heterocycles. The van der Waals surface area contributed by atoms with Crippen molar-refractivity contribution in [2.75, 3.05) is 30.9 Å². The van der Waals surface area contributed by atoms with Gasteiger partial charge in [-0.15, -0.1) is 11.3 Å². The molecule has 186 valence electrons. The van der Waals surface area contributed by atoms with Crippen LogP contribution >= 0.6 is 11.3 Å². The molecule has 3 aromatic carbocycles. The summed E-state index contributed by atoms with van der Waals surface area (Å²) in [6.07, 6.45) is 0. The first-order valence-corrected chi connectivity index (χ1v) is 12.9. The Bertz CT molecular complexity index is 1510. The zero-order chi connectivity index (χ0) is 25.7. The Morgan fingerprint density at radius 3 is 2.39 bits per heavy atom. The molecule has 0 aliphatic rings. The molecule has 0 saturated heterocycles. The second-order valence-electron chi connectivity index (χ2n) is 7.50. The first-order chi connectivity index (χ1) is 17.3. The van der Waals surface area contributed by atoms with Crippen LogP contribution in [0.15, 0.2) is 77.7 Å². The SMILES string of the molecule is COC(=O)c1cc2cc(NC(=O)COc3ccc(S(=O)(=O)Nc4cccc(OC)c4)cc3)ccc2s1. The lowest BCUT2D eigenvalue weighted by molar-refractivity contribution is -0.118. The van der Waals surface area contributed by atoms with E-state index in [1.165, 1.54) is 49.8 Å². The van der Waals surface area contributed by atoms with E-state index in [0.29, 0.717) is 27.8 Å². The summed E-state index contributed by atoms with van der Waals surface area (Å²) in [6.45, 7) is -0.275. The predicted octanol–water partition coefficient (Wildman–Crippen LogP) is 4.51. The Morgan fingerprint density at radius 1 is 0.889 bits per heavy atom. The number of benzene rings is 3. The highest BCUT2D eigenvalue weighted by Crippen LogP contribution is 2.29. The van der Waals surface area contributed by atoms with Crippen molar-refractivity contribution in [1.82, 2.24) is 0 Å². The van der Waals surface area contributed by atoms with Crippen LogP contribution in [0.4, 0.5) is 11.4 Å². The van der Waals surface area contributed by atoms with E-state index in [4.69, 9.17) is 14.2 Å². The van der Waals surface area contributed by atoms with Gasteiger partial charge in [-0.3, -0.25) is 9.52 Å². The number of amides is 1. The zero-order valence-electron chi connectivity index (χ0n) is 19.3. The molecular formula is C25H22N2O7S2. The molecule has 0 radical (unpaired) electrons. The molecule has 0 spiro atoms. The van der Waals surface area contributed by atoms with Crippen molar-refractivity contribution < 1.29 is 32.2 Å². The second-order valence-corrected chi connectivity index (χ2v) is 10.3. The quantitative estimate of drug-likeness (QED) is 0.308. The summed E-state index contributed by atoms with van der Waals surface area (Å²) < 4.78 is 44.0. The number of fused-ring (bicyclic) bond motifs is 1. The monoisotopic (exact) mass is 526 g/mol. The van der Waals surface area contributed by atoms with Crippen LogP contribution in [0.25, 0.3) is 10.1 Å². The molecule has 9 nitrogen and oxygen atoms in total. The van der Waals surface area contributed by atoms with Gasteiger partial charge in [0.25, 0.3) is 15.9 Å². The average Bonchev–Trinajstić information content (AvgIpc) is 3.30. The van der Waals surface area contributed by atoms with Gasteiger partial charge in [0.05, 0.1) is 24.8 Å². The van der Waals surface area contributed by atoms with Crippen LogP contribution in [0, 0.1) is 0 Å². The van der Waals surface area contributed by atoms with Gasteiger partial charge in [-0.1, -0.05) is 6.07 Å². The summed E-state index contributed by atoms with van der Waals surface area (Å²) in [6, 6.07) is 19.3. The third-order valence-corrected chi connectivity index (χ3v) is 7.51. The number of ether oxygens (including phenoxy) is 3. The van der Waals surface area contributed by atoms with Crippen LogP contribution < -0.4 is 19.5 Å². The number of methoxy groups -OCH3 is 2. The number of carbonyl (C=O) groups excluding carboxylic acids is 2. The minimum Gasteiger partial charge on any atom is -0.497 e. The molecule has 0 aliphatic carbocycles. The molecule has 0 atom stereocenters. The first kappa shape index (κ1) is 25.0. The smallest absolute Gasteiger partial charge is 0.348 e. The topological polar surface area (TPSA) is 120 Å². The normalized spacial score (nSPS) is 11.1. The van der Waals surface area contributed by atoms with Crippen molar-refractivity contribution in [1.29, 1.82) is 0 Å². The maximum absolute atomic E-state index is 12.6. The Balaban J connectivity index is 1.34. The highest BCUT2D eigenvalue weighted by atomic mass is 32.2. The van der Waals surface area contributed by atoms with E-state index < -0.39 is 21.9 Å². The lowest BCUT2D eigenvalue weighted by Crippen LogP contribution is -2.20. The molecule has 4 aromatic rings. The highest BCUT2D eigenvalue weighted by Gasteiger charge is 2.15. The number of sulfonamides is 1. The van der Waals surface area contributed by atoms with E-state index in [9.17, 15) is 18.0 Å². The van der Waals surface area contributed by atoms with Crippen LogP contribution in [0.1, 0.15) is 9.67 Å². The molecule has 4 rings (SSSR count). The molecule has 0 fully saturated rings. The molecule has 0 aliphatic heterocycles. The van der Waals surface area contributed by atoms with Gasteiger partial charge in [0.15, 0.2) is 6.61 Å². The van der Waals surface area contributed by atoms with Crippen LogP contribution in [0.5, 0.6) is 11.5 Å². The molecule has 11 heteroatoms. The number of carbonyl (C=O) groups is 2. The summed E-state index contributed by atoms with van der Waals surface area (Å²) in [5, 5.41) is 3.54. The van der Waals surface area contributed by atoms with E-state index in [1.54, 1.807) is 42.5 Å². The largest absolute Gasteiger partial charge is 0.497 e. The highest BCUT2D eigenvalue weighted by molar-refractivity contribution is 7.92. The number of thiophene rings is 1. The van der Waals surface area contributed by atoms with Gasteiger partial charge >= 0.3 is 5.97 Å². The fourth-order valence-electron chi connectivity index (χ4n) is 3.28. The molecule has 1 amide bonds. The summed E-state index contributed by atoms with van der Waals surface area (Å²) in [5.74, 6) is 0.0548. The third-order valence-electron chi connectivity index (χ3n) is 5.01. The number of hydrogen-bond acceptors (Lipinski definition) is 8. The summed E-state index contributed by atoms with van der Waals surface area (Å²) in [4.78, 5) is 24.6. The zero-order valence-corrected chi connectivity index (χ0v) is 20.9. The molecule has 2 N–H and O–H groups in total. The molecule has 36 heavy (non-hydrogen) atoms. The second kappa shape index (κ2) is 10.7. The van der Waals surface area contributed by atoms with Gasteiger partial charge in [0, 0.05) is 16.5 Å². The fourth-order valence-corrected chi connectivity index (χ4v) is 5.29. The average molecular weight is 527 g/mol. The van der Waals surface area contributed by atoms with Crippen LogP contribution in [-0.2, 0) is 19.6 Å². The van der Waals surface area contributed by atoms with Gasteiger partial charge in [-0.2, -0.15) is 0 Å². The van der Waals surface area contributed by atoms with E-state index in [2.05, 4.69) is 10.0 Å². The van der Waals surface area contributed by atoms with Crippen molar-refractivity contribution in [3.8, 4) is 11.5 Å². The van der Waals surface area contributed by atoms with Crippen LogP contribution in [0.2, 0.25) is 0 Å². The van der Waals surface area contributed by atoms with Gasteiger partial charge in [-0.05, 0) is 66.0 Å². The first-order valence-electron chi connectivity index (χ1n) is 10.6. The lowest BCUT2D eigenvalue weighted by atomic mass is 10.2.